The van der Waals surface area contributed by atoms with Crippen molar-refractivity contribution in [3.63, 3.8) is 0 Å². The van der Waals surface area contributed by atoms with Crippen molar-refractivity contribution in [2.24, 2.45) is 11.3 Å². The highest BCUT2D eigenvalue weighted by molar-refractivity contribution is 5.77. The van der Waals surface area contributed by atoms with Crippen molar-refractivity contribution >= 4 is 12.0 Å². The number of urea groups is 1. The number of carboxylic acids is 1. The molecule has 0 spiro atoms. The van der Waals surface area contributed by atoms with Gasteiger partial charge < -0.3 is 20.1 Å². The Hall–Kier alpha value is -1.30. The SMILES string of the molecule is CCC1(C(=O)O)CCN(C(=O)NCCOCC(C)C)CC1. The summed E-state index contributed by atoms with van der Waals surface area (Å²) in [5.74, 6) is -0.256. The van der Waals surface area contributed by atoms with Gasteiger partial charge in [0.25, 0.3) is 0 Å². The van der Waals surface area contributed by atoms with Gasteiger partial charge in [-0.25, -0.2) is 4.79 Å². The summed E-state index contributed by atoms with van der Waals surface area (Å²) < 4.78 is 5.40. The summed E-state index contributed by atoms with van der Waals surface area (Å²) in [5, 5.41) is 12.1. The van der Waals surface area contributed by atoms with Gasteiger partial charge in [-0.05, 0) is 25.2 Å². The lowest BCUT2D eigenvalue weighted by Gasteiger charge is -2.38. The van der Waals surface area contributed by atoms with Gasteiger partial charge in [-0.15, -0.1) is 0 Å². The first-order valence-electron chi connectivity index (χ1n) is 7.75. The van der Waals surface area contributed by atoms with E-state index in [9.17, 15) is 14.7 Å². The minimum absolute atomic E-state index is 0.127. The Kier molecular flexibility index (Phi) is 6.95. The third-order valence-electron chi connectivity index (χ3n) is 4.11. The fourth-order valence-electron chi connectivity index (χ4n) is 2.52. The van der Waals surface area contributed by atoms with E-state index in [2.05, 4.69) is 19.2 Å². The lowest BCUT2D eigenvalue weighted by Crippen LogP contribution is -2.49. The quantitative estimate of drug-likeness (QED) is 0.704. The Labute approximate surface area is 126 Å². The van der Waals surface area contributed by atoms with Crippen LogP contribution >= 0.6 is 0 Å². The molecule has 21 heavy (non-hydrogen) atoms. The van der Waals surface area contributed by atoms with Crippen molar-refractivity contribution in [1.29, 1.82) is 0 Å². The number of ether oxygens (including phenoxy) is 1. The van der Waals surface area contributed by atoms with E-state index in [1.807, 2.05) is 6.92 Å². The Morgan fingerprint density at radius 1 is 1.33 bits per heavy atom. The van der Waals surface area contributed by atoms with Crippen LogP contribution in [0.4, 0.5) is 4.79 Å². The van der Waals surface area contributed by atoms with Crippen LogP contribution in [0.5, 0.6) is 0 Å². The molecule has 0 unspecified atom stereocenters. The molecule has 1 saturated heterocycles. The highest BCUT2D eigenvalue weighted by Crippen LogP contribution is 2.35. The first kappa shape index (κ1) is 17.8. The summed E-state index contributed by atoms with van der Waals surface area (Å²) in [6, 6.07) is -0.127. The van der Waals surface area contributed by atoms with E-state index in [1.165, 1.54) is 0 Å². The number of hydrogen-bond acceptors (Lipinski definition) is 3. The molecule has 6 nitrogen and oxygen atoms in total. The minimum Gasteiger partial charge on any atom is -0.481 e. The minimum atomic E-state index is -0.743. The van der Waals surface area contributed by atoms with Gasteiger partial charge in [0.2, 0.25) is 0 Å². The second-order valence-corrected chi connectivity index (χ2v) is 6.13. The highest BCUT2D eigenvalue weighted by atomic mass is 16.5. The van der Waals surface area contributed by atoms with Crippen molar-refractivity contribution in [2.75, 3.05) is 32.8 Å². The van der Waals surface area contributed by atoms with Crippen LogP contribution in [0.15, 0.2) is 0 Å². The fraction of sp³-hybridized carbons (Fsp3) is 0.867. The van der Waals surface area contributed by atoms with Gasteiger partial charge in [0.15, 0.2) is 0 Å². The van der Waals surface area contributed by atoms with E-state index in [-0.39, 0.29) is 6.03 Å². The van der Waals surface area contributed by atoms with Crippen LogP contribution in [0.2, 0.25) is 0 Å². The number of likely N-dealkylation sites (tertiary alicyclic amines) is 1. The standard InChI is InChI=1S/C15H28N2O4/c1-4-15(13(18)19)5-8-17(9-6-15)14(20)16-7-10-21-11-12(2)3/h12H,4-11H2,1-3H3,(H,16,20)(H,18,19). The highest BCUT2D eigenvalue weighted by Gasteiger charge is 2.40. The van der Waals surface area contributed by atoms with Crippen molar-refractivity contribution in [3.05, 3.63) is 0 Å². The van der Waals surface area contributed by atoms with Crippen molar-refractivity contribution < 1.29 is 19.4 Å². The number of aliphatic carboxylic acids is 1. The van der Waals surface area contributed by atoms with Gasteiger partial charge in [0.1, 0.15) is 0 Å². The molecule has 0 aromatic carbocycles. The number of carbonyl (C=O) groups excluding carboxylic acids is 1. The molecule has 1 rings (SSSR count). The maximum Gasteiger partial charge on any atom is 0.317 e. The molecule has 0 atom stereocenters. The van der Waals surface area contributed by atoms with Crippen LogP contribution in [-0.4, -0.2) is 54.9 Å². The predicted molar refractivity (Wildman–Crippen MR) is 80.2 cm³/mol. The largest absolute Gasteiger partial charge is 0.481 e. The predicted octanol–water partition coefficient (Wildman–Crippen LogP) is 1.95. The summed E-state index contributed by atoms with van der Waals surface area (Å²) in [6.45, 7) is 8.74. The molecular weight excluding hydrogens is 272 g/mol. The number of rotatable bonds is 7. The average molecular weight is 300 g/mol. The van der Waals surface area contributed by atoms with E-state index in [4.69, 9.17) is 4.74 Å². The fourth-order valence-corrected chi connectivity index (χ4v) is 2.52. The Morgan fingerprint density at radius 2 is 1.95 bits per heavy atom. The van der Waals surface area contributed by atoms with Gasteiger partial charge in [-0.2, -0.15) is 0 Å². The Balaban J connectivity index is 2.27. The zero-order chi connectivity index (χ0) is 15.9. The molecule has 1 fully saturated rings. The van der Waals surface area contributed by atoms with E-state index < -0.39 is 11.4 Å². The molecule has 0 bridgehead atoms. The van der Waals surface area contributed by atoms with Gasteiger partial charge in [-0.3, -0.25) is 4.79 Å². The van der Waals surface area contributed by atoms with Crippen LogP contribution < -0.4 is 5.32 Å². The smallest absolute Gasteiger partial charge is 0.317 e. The van der Waals surface area contributed by atoms with E-state index in [0.717, 1.165) is 0 Å². The van der Waals surface area contributed by atoms with Crippen LogP contribution in [0.25, 0.3) is 0 Å². The van der Waals surface area contributed by atoms with Crippen molar-refractivity contribution in [3.8, 4) is 0 Å². The second kappa shape index (κ2) is 8.22. The maximum atomic E-state index is 12.0. The Bertz CT molecular complexity index is 350. The number of carbonyl (C=O) groups is 2. The molecule has 2 N–H and O–H groups in total. The number of nitrogens with one attached hydrogen (secondary N) is 1. The third-order valence-corrected chi connectivity index (χ3v) is 4.11. The molecule has 1 aliphatic heterocycles. The van der Waals surface area contributed by atoms with Crippen molar-refractivity contribution in [1.82, 2.24) is 10.2 Å². The van der Waals surface area contributed by atoms with Gasteiger partial charge in [0, 0.05) is 26.2 Å². The van der Waals surface area contributed by atoms with Gasteiger partial charge in [-0.1, -0.05) is 20.8 Å². The molecule has 0 saturated carbocycles. The number of carboxylic acid groups (broad SMARTS) is 1. The second-order valence-electron chi connectivity index (χ2n) is 6.13. The first-order valence-corrected chi connectivity index (χ1v) is 7.75. The summed E-state index contributed by atoms with van der Waals surface area (Å²) in [5.41, 5.74) is -0.656. The molecule has 0 aliphatic carbocycles. The molecule has 0 radical (unpaired) electrons. The molecule has 1 heterocycles. The third kappa shape index (κ3) is 5.19. The summed E-state index contributed by atoms with van der Waals surface area (Å²) in [6.07, 6.45) is 1.66. The topological polar surface area (TPSA) is 78.9 Å². The monoisotopic (exact) mass is 300 g/mol. The van der Waals surface area contributed by atoms with Gasteiger partial charge >= 0.3 is 12.0 Å². The van der Waals surface area contributed by atoms with Crippen molar-refractivity contribution in [2.45, 2.75) is 40.0 Å². The maximum absolute atomic E-state index is 12.0. The summed E-state index contributed by atoms with van der Waals surface area (Å²) >= 11 is 0. The lowest BCUT2D eigenvalue weighted by atomic mass is 9.76. The molecule has 1 aliphatic rings. The van der Waals surface area contributed by atoms with Crippen LogP contribution in [-0.2, 0) is 9.53 Å². The van der Waals surface area contributed by atoms with Crippen LogP contribution in [0.1, 0.15) is 40.0 Å². The zero-order valence-corrected chi connectivity index (χ0v) is 13.4. The van der Waals surface area contributed by atoms with Crippen LogP contribution in [0.3, 0.4) is 0 Å². The molecule has 6 heteroatoms. The number of hydrogen-bond donors (Lipinski definition) is 2. The lowest BCUT2D eigenvalue weighted by molar-refractivity contribution is -0.151. The van der Waals surface area contributed by atoms with E-state index in [1.54, 1.807) is 4.90 Å². The molecular formula is C15H28N2O4. The molecule has 2 amide bonds. The molecule has 122 valence electrons. The summed E-state index contributed by atoms with van der Waals surface area (Å²) in [7, 11) is 0. The number of piperidine rings is 1. The normalized spacial score (nSPS) is 17.8. The Morgan fingerprint density at radius 3 is 2.43 bits per heavy atom. The number of amides is 2. The zero-order valence-electron chi connectivity index (χ0n) is 13.4. The summed E-state index contributed by atoms with van der Waals surface area (Å²) in [4.78, 5) is 25.0. The number of nitrogens with zero attached hydrogens (tertiary/aromatic N) is 1. The van der Waals surface area contributed by atoms with Crippen LogP contribution in [0, 0.1) is 11.3 Å². The van der Waals surface area contributed by atoms with E-state index in [0.29, 0.717) is 58.0 Å². The average Bonchev–Trinajstić information content (AvgIpc) is 2.46. The van der Waals surface area contributed by atoms with E-state index >= 15 is 0 Å². The molecule has 0 aromatic heterocycles. The molecule has 0 aromatic rings. The first-order chi connectivity index (χ1) is 9.91. The van der Waals surface area contributed by atoms with Gasteiger partial charge in [0.05, 0.1) is 12.0 Å².